The van der Waals surface area contributed by atoms with Crippen LogP contribution in [0.4, 0.5) is 0 Å². The van der Waals surface area contributed by atoms with Gasteiger partial charge in [-0.3, -0.25) is 0 Å². The SMILES string of the molecule is CC1(C)c2ccccc2C2C(c3ccccc3)=CC=C(N(C(C)(C)C)C(C)(C)C)C21. The molecule has 2 aliphatic rings. The summed E-state index contributed by atoms with van der Waals surface area (Å²) in [6, 6.07) is 20.1. The Hall–Kier alpha value is -2.28. The molecular weight excluding hydrogens is 362 g/mol. The van der Waals surface area contributed by atoms with Crippen molar-refractivity contribution in [3.8, 4) is 0 Å². The van der Waals surface area contributed by atoms with Crippen LogP contribution in [0.3, 0.4) is 0 Å². The minimum absolute atomic E-state index is 0.0393. The van der Waals surface area contributed by atoms with Crippen LogP contribution < -0.4 is 0 Å². The van der Waals surface area contributed by atoms with E-state index in [2.05, 4.69) is 127 Å². The number of nitrogens with zero attached hydrogens (tertiary/aromatic N) is 1. The van der Waals surface area contributed by atoms with Crippen LogP contribution in [0.25, 0.3) is 5.57 Å². The molecule has 2 atom stereocenters. The van der Waals surface area contributed by atoms with E-state index in [0.29, 0.717) is 11.8 Å². The van der Waals surface area contributed by atoms with Gasteiger partial charge in [-0.2, -0.15) is 0 Å². The molecule has 0 spiro atoms. The fourth-order valence-electron chi connectivity index (χ4n) is 6.29. The van der Waals surface area contributed by atoms with Crippen molar-refractivity contribution in [2.75, 3.05) is 0 Å². The van der Waals surface area contributed by atoms with Gasteiger partial charge in [-0.25, -0.2) is 0 Å². The Morgan fingerprint density at radius 1 is 0.733 bits per heavy atom. The number of benzene rings is 2. The molecule has 0 aromatic heterocycles. The highest BCUT2D eigenvalue weighted by Gasteiger charge is 2.53. The zero-order chi connectivity index (χ0) is 21.9. The quantitative estimate of drug-likeness (QED) is 0.503. The van der Waals surface area contributed by atoms with Crippen LogP contribution in [-0.2, 0) is 5.41 Å². The zero-order valence-electron chi connectivity index (χ0n) is 20.0. The molecule has 2 aromatic carbocycles. The lowest BCUT2D eigenvalue weighted by Crippen LogP contribution is -2.54. The fourth-order valence-corrected chi connectivity index (χ4v) is 6.29. The first kappa shape index (κ1) is 21.0. The molecule has 0 heterocycles. The van der Waals surface area contributed by atoms with Gasteiger partial charge in [-0.1, -0.05) is 74.5 Å². The molecule has 1 heteroatoms. The maximum atomic E-state index is 2.67. The Morgan fingerprint density at radius 2 is 1.30 bits per heavy atom. The maximum absolute atomic E-state index is 2.67. The lowest BCUT2D eigenvalue weighted by Gasteiger charge is -2.53. The van der Waals surface area contributed by atoms with E-state index in [1.165, 1.54) is 28.0 Å². The topological polar surface area (TPSA) is 3.24 Å². The van der Waals surface area contributed by atoms with Crippen LogP contribution in [0.5, 0.6) is 0 Å². The van der Waals surface area contributed by atoms with E-state index >= 15 is 0 Å². The minimum Gasteiger partial charge on any atom is -0.365 e. The van der Waals surface area contributed by atoms with E-state index in [-0.39, 0.29) is 16.5 Å². The van der Waals surface area contributed by atoms with Crippen molar-refractivity contribution in [3.63, 3.8) is 0 Å². The third-order valence-electron chi connectivity index (χ3n) is 6.90. The van der Waals surface area contributed by atoms with Crippen molar-refractivity contribution in [2.45, 2.75) is 77.8 Å². The van der Waals surface area contributed by atoms with Gasteiger partial charge in [0, 0.05) is 28.6 Å². The normalized spacial score (nSPS) is 22.7. The molecule has 0 aliphatic heterocycles. The highest BCUT2D eigenvalue weighted by atomic mass is 15.3. The number of hydrogen-bond donors (Lipinski definition) is 0. The standard InChI is InChI=1S/C29H37N/c1-27(2,3)30(28(4,5)6)24-19-18-21(20-14-10-9-11-15-20)25-22-16-12-13-17-23(22)29(7,8)26(24)25/h9-19,25-26H,1-8H3. The molecular formula is C29H37N. The van der Waals surface area contributed by atoms with E-state index in [1.807, 2.05) is 0 Å². The Kier molecular flexibility index (Phi) is 4.80. The van der Waals surface area contributed by atoms with Crippen molar-refractivity contribution < 1.29 is 0 Å². The van der Waals surface area contributed by atoms with Crippen molar-refractivity contribution in [1.82, 2.24) is 4.90 Å². The lowest BCUT2D eigenvalue weighted by molar-refractivity contribution is 0.0559. The average Bonchev–Trinajstić information content (AvgIpc) is 2.89. The zero-order valence-corrected chi connectivity index (χ0v) is 20.0. The van der Waals surface area contributed by atoms with E-state index in [0.717, 1.165) is 0 Å². The number of hydrogen-bond acceptors (Lipinski definition) is 1. The Balaban J connectivity index is 1.99. The smallest absolute Gasteiger partial charge is 0.0320 e. The van der Waals surface area contributed by atoms with Crippen LogP contribution in [0.15, 0.2) is 72.4 Å². The number of fused-ring (bicyclic) bond motifs is 3. The third kappa shape index (κ3) is 3.23. The molecule has 30 heavy (non-hydrogen) atoms. The van der Waals surface area contributed by atoms with Gasteiger partial charge in [0.05, 0.1) is 0 Å². The van der Waals surface area contributed by atoms with Crippen LogP contribution >= 0.6 is 0 Å². The predicted octanol–water partition coefficient (Wildman–Crippen LogP) is 7.56. The van der Waals surface area contributed by atoms with Crippen molar-refractivity contribution in [1.29, 1.82) is 0 Å². The van der Waals surface area contributed by atoms with E-state index in [4.69, 9.17) is 0 Å². The molecule has 0 saturated heterocycles. The predicted molar refractivity (Wildman–Crippen MR) is 130 cm³/mol. The van der Waals surface area contributed by atoms with Gasteiger partial charge in [0.1, 0.15) is 0 Å². The maximum Gasteiger partial charge on any atom is 0.0320 e. The Bertz CT molecular complexity index is 979. The summed E-state index contributed by atoms with van der Waals surface area (Å²) < 4.78 is 0. The summed E-state index contributed by atoms with van der Waals surface area (Å²) in [5.41, 5.74) is 7.40. The van der Waals surface area contributed by atoms with Crippen LogP contribution in [0, 0.1) is 5.92 Å². The molecule has 0 amide bonds. The van der Waals surface area contributed by atoms with Crippen molar-refractivity contribution in [2.24, 2.45) is 5.92 Å². The van der Waals surface area contributed by atoms with Gasteiger partial charge in [0.2, 0.25) is 0 Å². The highest BCUT2D eigenvalue weighted by Crippen LogP contribution is 2.60. The average molecular weight is 400 g/mol. The molecule has 0 bridgehead atoms. The largest absolute Gasteiger partial charge is 0.365 e. The van der Waals surface area contributed by atoms with Gasteiger partial charge < -0.3 is 4.90 Å². The first-order valence-corrected chi connectivity index (χ1v) is 11.3. The molecule has 0 radical (unpaired) electrons. The van der Waals surface area contributed by atoms with Gasteiger partial charge in [-0.05, 0) is 75.3 Å². The molecule has 4 rings (SSSR count). The molecule has 0 saturated carbocycles. The summed E-state index contributed by atoms with van der Waals surface area (Å²) in [5.74, 6) is 0.791. The van der Waals surface area contributed by atoms with Gasteiger partial charge in [0.15, 0.2) is 0 Å². The van der Waals surface area contributed by atoms with E-state index in [1.54, 1.807) is 0 Å². The summed E-state index contributed by atoms with van der Waals surface area (Å²) in [4.78, 5) is 2.67. The number of rotatable bonds is 2. The van der Waals surface area contributed by atoms with Crippen LogP contribution in [0.2, 0.25) is 0 Å². The van der Waals surface area contributed by atoms with Crippen LogP contribution in [0.1, 0.15) is 78.0 Å². The van der Waals surface area contributed by atoms with Crippen molar-refractivity contribution >= 4 is 5.57 Å². The Morgan fingerprint density at radius 3 is 1.90 bits per heavy atom. The summed E-state index contributed by atoms with van der Waals surface area (Å²) in [6.07, 6.45) is 4.82. The first-order chi connectivity index (χ1) is 13.9. The molecule has 2 unspecified atom stereocenters. The monoisotopic (exact) mass is 399 g/mol. The second-order valence-electron chi connectivity index (χ2n) is 11.5. The molecule has 0 N–H and O–H groups in total. The van der Waals surface area contributed by atoms with Gasteiger partial charge in [-0.15, -0.1) is 0 Å². The molecule has 2 aliphatic carbocycles. The molecule has 0 fully saturated rings. The van der Waals surface area contributed by atoms with E-state index in [9.17, 15) is 0 Å². The summed E-state index contributed by atoms with van der Waals surface area (Å²) in [5, 5.41) is 0. The fraction of sp³-hybridized carbons (Fsp3) is 0.448. The second-order valence-corrected chi connectivity index (χ2v) is 11.5. The van der Waals surface area contributed by atoms with Crippen LogP contribution in [-0.4, -0.2) is 16.0 Å². The summed E-state index contributed by atoms with van der Waals surface area (Å²) in [6.45, 7) is 19.0. The first-order valence-electron chi connectivity index (χ1n) is 11.3. The highest BCUT2D eigenvalue weighted by molar-refractivity contribution is 5.78. The van der Waals surface area contributed by atoms with Gasteiger partial charge >= 0.3 is 0 Å². The van der Waals surface area contributed by atoms with E-state index < -0.39 is 0 Å². The minimum atomic E-state index is 0.0393. The summed E-state index contributed by atoms with van der Waals surface area (Å²) in [7, 11) is 0. The van der Waals surface area contributed by atoms with Crippen molar-refractivity contribution in [3.05, 3.63) is 89.1 Å². The Labute approximate surface area is 183 Å². The third-order valence-corrected chi connectivity index (χ3v) is 6.90. The molecule has 1 nitrogen and oxygen atoms in total. The summed E-state index contributed by atoms with van der Waals surface area (Å²) >= 11 is 0. The second kappa shape index (κ2) is 6.87. The van der Waals surface area contributed by atoms with Gasteiger partial charge in [0.25, 0.3) is 0 Å². The number of allylic oxidation sites excluding steroid dienone is 4. The molecule has 2 aromatic rings. The molecule has 158 valence electrons. The lowest BCUT2D eigenvalue weighted by atomic mass is 9.68.